The molecule has 0 aromatic heterocycles. The van der Waals surface area contributed by atoms with Gasteiger partial charge in [-0.05, 0) is 49.4 Å². The zero-order valence-electron chi connectivity index (χ0n) is 16.3. The van der Waals surface area contributed by atoms with Gasteiger partial charge >= 0.3 is 0 Å². The molecule has 5 heteroatoms. The molecule has 148 valence electrons. The van der Waals surface area contributed by atoms with Crippen LogP contribution in [0, 0.1) is 0 Å². The summed E-state index contributed by atoms with van der Waals surface area (Å²) in [5.74, 6) is 0.693. The molecular formula is C23H27NO4. The number of benzene rings is 2. The van der Waals surface area contributed by atoms with E-state index in [0.29, 0.717) is 19.0 Å². The normalized spacial score (nSPS) is 21.5. The van der Waals surface area contributed by atoms with Gasteiger partial charge in [-0.15, -0.1) is 0 Å². The Morgan fingerprint density at radius 1 is 1.00 bits per heavy atom. The topological polar surface area (TPSA) is 48.0 Å². The third kappa shape index (κ3) is 4.21. The van der Waals surface area contributed by atoms with Crippen molar-refractivity contribution in [1.82, 2.24) is 4.90 Å². The second kappa shape index (κ2) is 8.76. The van der Waals surface area contributed by atoms with Gasteiger partial charge in [-0.2, -0.15) is 0 Å². The molecule has 2 unspecified atom stereocenters. The highest BCUT2D eigenvalue weighted by molar-refractivity contribution is 5.81. The van der Waals surface area contributed by atoms with Crippen LogP contribution in [0.3, 0.4) is 0 Å². The highest BCUT2D eigenvalue weighted by atomic mass is 16.7. The number of amides is 1. The van der Waals surface area contributed by atoms with Crippen LogP contribution in [0.1, 0.15) is 26.2 Å². The third-order valence-corrected chi connectivity index (χ3v) is 5.42. The molecule has 0 radical (unpaired) electrons. The minimum Gasteiger partial charge on any atom is -0.481 e. The largest absolute Gasteiger partial charge is 0.481 e. The summed E-state index contributed by atoms with van der Waals surface area (Å²) >= 11 is 0. The van der Waals surface area contributed by atoms with Crippen LogP contribution < -0.4 is 4.74 Å². The van der Waals surface area contributed by atoms with Crippen molar-refractivity contribution >= 4 is 5.91 Å². The maximum absolute atomic E-state index is 13.0. The van der Waals surface area contributed by atoms with Gasteiger partial charge in [0.1, 0.15) is 5.75 Å². The molecule has 0 aliphatic carbocycles. The van der Waals surface area contributed by atoms with Crippen molar-refractivity contribution in [2.75, 3.05) is 19.8 Å². The van der Waals surface area contributed by atoms with E-state index in [1.165, 1.54) is 0 Å². The van der Waals surface area contributed by atoms with E-state index in [0.717, 1.165) is 36.9 Å². The van der Waals surface area contributed by atoms with Crippen molar-refractivity contribution in [2.24, 2.45) is 0 Å². The first-order valence-electron chi connectivity index (χ1n) is 10.1. The number of carbonyl (C=O) groups is 1. The summed E-state index contributed by atoms with van der Waals surface area (Å²) in [6.45, 7) is 3.74. The maximum atomic E-state index is 13.0. The van der Waals surface area contributed by atoms with Crippen LogP contribution in [-0.2, 0) is 14.3 Å². The van der Waals surface area contributed by atoms with Crippen LogP contribution in [0.4, 0.5) is 0 Å². The fourth-order valence-corrected chi connectivity index (χ4v) is 3.96. The van der Waals surface area contributed by atoms with Crippen LogP contribution in [0.15, 0.2) is 54.6 Å². The summed E-state index contributed by atoms with van der Waals surface area (Å²) in [6.07, 6.45) is 2.15. The van der Waals surface area contributed by atoms with Gasteiger partial charge in [0.2, 0.25) is 0 Å². The molecule has 0 spiro atoms. The van der Waals surface area contributed by atoms with Gasteiger partial charge in [-0.1, -0.05) is 42.5 Å². The molecule has 28 heavy (non-hydrogen) atoms. The number of hydrogen-bond acceptors (Lipinski definition) is 4. The van der Waals surface area contributed by atoms with Gasteiger partial charge in [0, 0.05) is 6.54 Å². The molecule has 2 aliphatic rings. The monoisotopic (exact) mass is 381 g/mol. The first-order chi connectivity index (χ1) is 13.7. The second-order valence-corrected chi connectivity index (χ2v) is 7.36. The number of ether oxygens (including phenoxy) is 3. The van der Waals surface area contributed by atoms with Crippen LogP contribution in [0.25, 0.3) is 11.1 Å². The van der Waals surface area contributed by atoms with Crippen molar-refractivity contribution in [3.8, 4) is 16.9 Å². The van der Waals surface area contributed by atoms with E-state index in [1.54, 1.807) is 0 Å². The van der Waals surface area contributed by atoms with Crippen molar-refractivity contribution in [3.05, 3.63) is 54.6 Å². The zero-order valence-corrected chi connectivity index (χ0v) is 16.3. The number of carbonyl (C=O) groups excluding carboxylic acids is 1. The van der Waals surface area contributed by atoms with Gasteiger partial charge in [-0.25, -0.2) is 0 Å². The molecule has 4 rings (SSSR count). The van der Waals surface area contributed by atoms with E-state index < -0.39 is 6.10 Å². The highest BCUT2D eigenvalue weighted by Gasteiger charge is 2.38. The van der Waals surface area contributed by atoms with Crippen molar-refractivity contribution in [3.63, 3.8) is 0 Å². The Morgan fingerprint density at radius 2 is 1.68 bits per heavy atom. The zero-order chi connectivity index (χ0) is 19.3. The summed E-state index contributed by atoms with van der Waals surface area (Å²) in [6, 6.07) is 18.1. The molecule has 0 bridgehead atoms. The molecule has 0 saturated carbocycles. The summed E-state index contributed by atoms with van der Waals surface area (Å²) in [5.41, 5.74) is 2.28. The average molecular weight is 381 g/mol. The van der Waals surface area contributed by atoms with E-state index in [4.69, 9.17) is 14.2 Å². The van der Waals surface area contributed by atoms with Gasteiger partial charge in [0.25, 0.3) is 5.91 Å². The predicted octanol–water partition coefficient (Wildman–Crippen LogP) is 3.87. The molecule has 2 aromatic carbocycles. The van der Waals surface area contributed by atoms with Crippen LogP contribution in [-0.4, -0.2) is 49.0 Å². The van der Waals surface area contributed by atoms with Crippen molar-refractivity contribution in [2.45, 2.75) is 44.6 Å². The summed E-state index contributed by atoms with van der Waals surface area (Å²) in [5, 5.41) is 0. The molecule has 2 aromatic rings. The molecule has 2 saturated heterocycles. The van der Waals surface area contributed by atoms with Crippen LogP contribution in [0.2, 0.25) is 0 Å². The van der Waals surface area contributed by atoms with Crippen LogP contribution in [0.5, 0.6) is 5.75 Å². The molecule has 2 heterocycles. The fourth-order valence-electron chi connectivity index (χ4n) is 3.96. The Kier molecular flexibility index (Phi) is 5.93. The van der Waals surface area contributed by atoms with E-state index in [1.807, 2.05) is 54.3 Å². The Balaban J connectivity index is 1.40. The minimum absolute atomic E-state index is 0.00376. The predicted molar refractivity (Wildman–Crippen MR) is 107 cm³/mol. The maximum Gasteiger partial charge on any atom is 0.263 e. The number of likely N-dealkylation sites (tertiary alicyclic amines) is 1. The smallest absolute Gasteiger partial charge is 0.263 e. The first-order valence-corrected chi connectivity index (χ1v) is 10.1. The highest BCUT2D eigenvalue weighted by Crippen LogP contribution is 2.27. The number of piperidine rings is 1. The second-order valence-electron chi connectivity index (χ2n) is 7.36. The molecular weight excluding hydrogens is 354 g/mol. The molecule has 5 nitrogen and oxygen atoms in total. The summed E-state index contributed by atoms with van der Waals surface area (Å²) in [4.78, 5) is 14.9. The molecule has 1 amide bonds. The van der Waals surface area contributed by atoms with E-state index >= 15 is 0 Å². The number of nitrogens with zero attached hydrogens (tertiary/aromatic N) is 1. The van der Waals surface area contributed by atoms with Crippen molar-refractivity contribution in [1.29, 1.82) is 0 Å². The van der Waals surface area contributed by atoms with Gasteiger partial charge in [-0.3, -0.25) is 4.79 Å². The summed E-state index contributed by atoms with van der Waals surface area (Å²) in [7, 11) is 0. The molecule has 2 fully saturated rings. The van der Waals surface area contributed by atoms with Crippen LogP contribution >= 0.6 is 0 Å². The van der Waals surface area contributed by atoms with Gasteiger partial charge in [0.15, 0.2) is 12.4 Å². The van der Waals surface area contributed by atoms with E-state index in [9.17, 15) is 4.79 Å². The lowest BCUT2D eigenvalue weighted by molar-refractivity contribution is -0.156. The summed E-state index contributed by atoms with van der Waals surface area (Å²) < 4.78 is 17.3. The van der Waals surface area contributed by atoms with Crippen molar-refractivity contribution < 1.29 is 19.0 Å². The van der Waals surface area contributed by atoms with Gasteiger partial charge < -0.3 is 19.1 Å². The quantitative estimate of drug-likeness (QED) is 0.789. The average Bonchev–Trinajstić information content (AvgIpc) is 3.29. The Labute approximate surface area is 166 Å². The SMILES string of the molecule is CC(Oc1ccc(-c2ccccc2)cc1)C(=O)N1CCCCC1C1OCCO1. The first kappa shape index (κ1) is 19.0. The Hall–Kier alpha value is -2.37. The number of hydrogen-bond donors (Lipinski definition) is 0. The lowest BCUT2D eigenvalue weighted by Crippen LogP contribution is -2.53. The standard InChI is InChI=1S/C23H27NO4/c1-17(22(25)24-14-6-5-9-21(24)23-26-15-16-27-23)28-20-12-10-19(11-13-20)18-7-3-2-4-8-18/h2-4,7-8,10-13,17,21,23H,5-6,9,14-16H2,1H3. The van der Waals surface area contributed by atoms with E-state index in [2.05, 4.69) is 12.1 Å². The Morgan fingerprint density at radius 3 is 2.39 bits per heavy atom. The molecule has 2 aliphatic heterocycles. The van der Waals surface area contributed by atoms with E-state index in [-0.39, 0.29) is 18.2 Å². The minimum atomic E-state index is -0.551. The third-order valence-electron chi connectivity index (χ3n) is 5.42. The lowest BCUT2D eigenvalue weighted by Gasteiger charge is -2.39. The van der Waals surface area contributed by atoms with Gasteiger partial charge in [0.05, 0.1) is 19.3 Å². The lowest BCUT2D eigenvalue weighted by atomic mass is 10.0. The molecule has 0 N–H and O–H groups in total. The number of rotatable bonds is 5. The Bertz CT molecular complexity index is 771. The fraction of sp³-hybridized carbons (Fsp3) is 0.435. The molecule has 2 atom stereocenters.